The van der Waals surface area contributed by atoms with Gasteiger partial charge in [-0.05, 0) is 25.8 Å². The van der Waals surface area contributed by atoms with E-state index in [1.165, 1.54) is 0 Å². The van der Waals surface area contributed by atoms with Crippen LogP contribution >= 0.6 is 0 Å². The van der Waals surface area contributed by atoms with E-state index in [4.69, 9.17) is 11.5 Å². The van der Waals surface area contributed by atoms with Gasteiger partial charge in [0.05, 0.1) is 6.04 Å². The first-order valence-corrected chi connectivity index (χ1v) is 8.24. The first-order chi connectivity index (χ1) is 10.9. The highest BCUT2D eigenvalue weighted by molar-refractivity contribution is 5.84. The van der Waals surface area contributed by atoms with Crippen LogP contribution in [-0.4, -0.2) is 72.9 Å². The highest BCUT2D eigenvalue weighted by Crippen LogP contribution is 2.26. The third-order valence-electron chi connectivity index (χ3n) is 4.77. The van der Waals surface area contributed by atoms with Gasteiger partial charge in [-0.25, -0.2) is 4.99 Å². The Morgan fingerprint density at radius 2 is 2.04 bits per heavy atom. The summed E-state index contributed by atoms with van der Waals surface area (Å²) in [6, 6.07) is -0.0367. The fourth-order valence-corrected chi connectivity index (χ4v) is 3.42. The zero-order valence-electron chi connectivity index (χ0n) is 14.0. The summed E-state index contributed by atoms with van der Waals surface area (Å²) >= 11 is 0. The van der Waals surface area contributed by atoms with Gasteiger partial charge in [0.25, 0.3) is 0 Å². The van der Waals surface area contributed by atoms with Crippen LogP contribution in [0.4, 0.5) is 0 Å². The minimum absolute atomic E-state index is 0.0176. The number of amides is 2. The van der Waals surface area contributed by atoms with Crippen molar-refractivity contribution in [2.45, 2.75) is 38.3 Å². The molecule has 0 aliphatic carbocycles. The highest BCUT2D eigenvalue weighted by atomic mass is 16.2. The summed E-state index contributed by atoms with van der Waals surface area (Å²) in [4.78, 5) is 32.1. The van der Waals surface area contributed by atoms with E-state index in [1.54, 1.807) is 0 Å². The maximum Gasteiger partial charge on any atom is 0.242 e. The van der Waals surface area contributed by atoms with Crippen LogP contribution < -0.4 is 16.8 Å². The van der Waals surface area contributed by atoms with Crippen molar-refractivity contribution in [3.8, 4) is 0 Å². The standard InChI is InChI=1S/C15H28N6O2/c1-3-10-6-12(20(2)8-10)14(23)21-5-4-11(9-21)19-13(22)7-18-15(16)17/h10-12H,3-9H2,1-2H3,(H,19,22)(H4,16,17,18). The van der Waals surface area contributed by atoms with E-state index in [-0.39, 0.29) is 36.4 Å². The van der Waals surface area contributed by atoms with Gasteiger partial charge >= 0.3 is 0 Å². The smallest absolute Gasteiger partial charge is 0.242 e. The number of carbonyl (C=O) groups excluding carboxylic acids is 2. The molecule has 0 bridgehead atoms. The predicted octanol–water partition coefficient (Wildman–Crippen LogP) is -1.29. The summed E-state index contributed by atoms with van der Waals surface area (Å²) in [5, 5.41) is 2.88. The molecule has 3 unspecified atom stereocenters. The molecule has 8 nitrogen and oxygen atoms in total. The Kier molecular flexibility index (Phi) is 5.81. The van der Waals surface area contributed by atoms with E-state index in [0.717, 1.165) is 25.8 Å². The maximum atomic E-state index is 12.7. The molecule has 0 aromatic rings. The molecule has 0 saturated carbocycles. The van der Waals surface area contributed by atoms with E-state index in [2.05, 4.69) is 22.1 Å². The lowest BCUT2D eigenvalue weighted by Gasteiger charge is -2.25. The lowest BCUT2D eigenvalue weighted by Crippen LogP contribution is -2.45. The van der Waals surface area contributed by atoms with Gasteiger partial charge < -0.3 is 21.7 Å². The summed E-state index contributed by atoms with van der Waals surface area (Å²) in [5.74, 6) is 0.468. The van der Waals surface area contributed by atoms with Crippen LogP contribution in [0.2, 0.25) is 0 Å². The molecule has 2 aliphatic heterocycles. The van der Waals surface area contributed by atoms with Gasteiger partial charge in [0.2, 0.25) is 11.8 Å². The topological polar surface area (TPSA) is 117 Å². The Morgan fingerprint density at radius 3 is 2.65 bits per heavy atom. The van der Waals surface area contributed by atoms with Gasteiger partial charge in [0, 0.05) is 25.7 Å². The van der Waals surface area contributed by atoms with Crippen molar-refractivity contribution in [2.24, 2.45) is 22.4 Å². The van der Waals surface area contributed by atoms with Crippen molar-refractivity contribution in [3.63, 3.8) is 0 Å². The molecule has 8 heteroatoms. The molecule has 0 spiro atoms. The number of nitrogens with two attached hydrogens (primary N) is 2. The number of nitrogens with zero attached hydrogens (tertiary/aromatic N) is 3. The van der Waals surface area contributed by atoms with Crippen LogP contribution in [0.15, 0.2) is 4.99 Å². The Bertz CT molecular complexity index is 477. The predicted molar refractivity (Wildman–Crippen MR) is 88.6 cm³/mol. The van der Waals surface area contributed by atoms with Gasteiger partial charge in [-0.2, -0.15) is 0 Å². The van der Waals surface area contributed by atoms with Crippen LogP contribution in [0, 0.1) is 5.92 Å². The normalized spacial score (nSPS) is 27.9. The van der Waals surface area contributed by atoms with Crippen molar-refractivity contribution in [2.75, 3.05) is 33.2 Å². The van der Waals surface area contributed by atoms with Gasteiger partial charge in [0.1, 0.15) is 6.54 Å². The maximum absolute atomic E-state index is 12.7. The minimum Gasteiger partial charge on any atom is -0.370 e. The molecule has 2 aliphatic rings. The second-order valence-electron chi connectivity index (χ2n) is 6.54. The van der Waals surface area contributed by atoms with Crippen LogP contribution in [0.5, 0.6) is 0 Å². The quantitative estimate of drug-likeness (QED) is 0.429. The van der Waals surface area contributed by atoms with Gasteiger partial charge in [0.15, 0.2) is 5.96 Å². The number of guanidine groups is 1. The lowest BCUT2D eigenvalue weighted by atomic mass is 10.0. The molecule has 3 atom stereocenters. The second kappa shape index (κ2) is 7.63. The number of hydrogen-bond donors (Lipinski definition) is 3. The lowest BCUT2D eigenvalue weighted by molar-refractivity contribution is -0.134. The molecule has 2 fully saturated rings. The molecule has 2 amide bonds. The van der Waals surface area contributed by atoms with Crippen LogP contribution in [0.1, 0.15) is 26.2 Å². The van der Waals surface area contributed by atoms with Crippen molar-refractivity contribution in [3.05, 3.63) is 0 Å². The largest absolute Gasteiger partial charge is 0.370 e. The van der Waals surface area contributed by atoms with E-state index < -0.39 is 0 Å². The van der Waals surface area contributed by atoms with E-state index in [9.17, 15) is 9.59 Å². The number of likely N-dealkylation sites (N-methyl/N-ethyl adjacent to an activating group) is 1. The molecule has 2 saturated heterocycles. The van der Waals surface area contributed by atoms with Gasteiger partial charge in [-0.3, -0.25) is 14.5 Å². The molecule has 2 heterocycles. The average Bonchev–Trinajstić information content (AvgIpc) is 3.11. The van der Waals surface area contributed by atoms with Gasteiger partial charge in [-0.15, -0.1) is 0 Å². The number of hydrogen-bond acceptors (Lipinski definition) is 4. The monoisotopic (exact) mass is 324 g/mol. The molecule has 23 heavy (non-hydrogen) atoms. The fourth-order valence-electron chi connectivity index (χ4n) is 3.42. The van der Waals surface area contributed by atoms with Crippen molar-refractivity contribution >= 4 is 17.8 Å². The van der Waals surface area contributed by atoms with Crippen molar-refractivity contribution in [1.29, 1.82) is 0 Å². The Hall–Kier alpha value is -1.83. The Labute approximate surface area is 137 Å². The second-order valence-corrected chi connectivity index (χ2v) is 6.54. The van der Waals surface area contributed by atoms with E-state index in [1.807, 2.05) is 11.9 Å². The summed E-state index contributed by atoms with van der Waals surface area (Å²) in [7, 11) is 2.02. The minimum atomic E-state index is -0.221. The highest BCUT2D eigenvalue weighted by Gasteiger charge is 2.38. The average molecular weight is 324 g/mol. The van der Waals surface area contributed by atoms with E-state index >= 15 is 0 Å². The van der Waals surface area contributed by atoms with Crippen LogP contribution in [0.25, 0.3) is 0 Å². The zero-order chi connectivity index (χ0) is 17.0. The van der Waals surface area contributed by atoms with Crippen LogP contribution in [0.3, 0.4) is 0 Å². The van der Waals surface area contributed by atoms with Crippen LogP contribution in [-0.2, 0) is 9.59 Å². The number of likely N-dealkylation sites (tertiary alicyclic amines) is 2. The first kappa shape index (κ1) is 17.5. The van der Waals surface area contributed by atoms with Gasteiger partial charge in [-0.1, -0.05) is 13.3 Å². The Morgan fingerprint density at radius 1 is 1.30 bits per heavy atom. The fraction of sp³-hybridized carbons (Fsp3) is 0.800. The summed E-state index contributed by atoms with van der Waals surface area (Å²) in [5.41, 5.74) is 10.4. The van der Waals surface area contributed by atoms with Crippen molar-refractivity contribution in [1.82, 2.24) is 15.1 Å². The number of aliphatic imine (C=N–C) groups is 1. The Balaban J connectivity index is 1.82. The third kappa shape index (κ3) is 4.57. The molecular formula is C15H28N6O2. The first-order valence-electron chi connectivity index (χ1n) is 8.24. The number of nitrogens with one attached hydrogen (secondary N) is 1. The third-order valence-corrected chi connectivity index (χ3v) is 4.77. The molecular weight excluding hydrogens is 296 g/mol. The number of carbonyl (C=O) groups is 2. The molecule has 130 valence electrons. The summed E-state index contributed by atoms with van der Waals surface area (Å²) < 4.78 is 0. The van der Waals surface area contributed by atoms with Crippen molar-refractivity contribution < 1.29 is 9.59 Å². The van der Waals surface area contributed by atoms with E-state index in [0.29, 0.717) is 19.0 Å². The molecule has 2 rings (SSSR count). The summed E-state index contributed by atoms with van der Waals surface area (Å²) in [6.45, 7) is 4.33. The number of rotatable bonds is 5. The zero-order valence-corrected chi connectivity index (χ0v) is 14.0. The summed E-state index contributed by atoms with van der Waals surface area (Å²) in [6.07, 6.45) is 2.81. The molecule has 5 N–H and O–H groups in total. The molecule has 0 aromatic heterocycles. The SMILES string of the molecule is CCC1CC(C(=O)N2CCC(NC(=O)CN=C(N)N)C2)N(C)C1. The molecule has 0 radical (unpaired) electrons. The molecule has 0 aromatic carbocycles.